The van der Waals surface area contributed by atoms with Gasteiger partial charge in [0.1, 0.15) is 6.20 Å². The summed E-state index contributed by atoms with van der Waals surface area (Å²) in [4.78, 5) is 6.58. The molecular weight excluding hydrogens is 140 g/mol. The number of aromatic amines is 1. The minimum Gasteiger partial charge on any atom is -0.252 e. The summed E-state index contributed by atoms with van der Waals surface area (Å²) in [5.41, 5.74) is 1.75. The number of allylic oxidation sites excluding steroid dienone is 1. The Bertz CT molecular complexity index is 193. The molecule has 56 valence electrons. The van der Waals surface area contributed by atoms with Crippen LogP contribution >= 0.6 is 0 Å². The molecule has 0 spiro atoms. The van der Waals surface area contributed by atoms with Gasteiger partial charge < -0.3 is 0 Å². The summed E-state index contributed by atoms with van der Waals surface area (Å²) in [5.74, 6) is 0. The van der Waals surface area contributed by atoms with Gasteiger partial charge in [-0.3, -0.25) is 4.98 Å². The third-order valence-electron chi connectivity index (χ3n) is 0.969. The number of aromatic nitrogens is 2. The summed E-state index contributed by atoms with van der Waals surface area (Å²) in [6, 6.07) is 0. The topological polar surface area (TPSA) is 56.0 Å². The quantitative estimate of drug-likeness (QED) is 0.472. The Morgan fingerprint density at radius 1 is 1.18 bits per heavy atom. The zero-order valence-electron chi connectivity index (χ0n) is 6.01. The summed E-state index contributed by atoms with van der Waals surface area (Å²) in [6.45, 7) is 0. The molecule has 4 nitrogen and oxygen atoms in total. The van der Waals surface area contributed by atoms with Gasteiger partial charge in [-0.15, -0.1) is 0 Å². The Kier molecular flexibility index (Phi) is 3.61. The van der Waals surface area contributed by atoms with Gasteiger partial charge in [-0.25, -0.2) is 4.98 Å². The van der Waals surface area contributed by atoms with Crippen molar-refractivity contribution in [2.24, 2.45) is 5.10 Å². The first kappa shape index (κ1) is 7.56. The molecule has 0 radical (unpaired) electrons. The van der Waals surface area contributed by atoms with Crippen molar-refractivity contribution in [1.82, 2.24) is 4.98 Å². The summed E-state index contributed by atoms with van der Waals surface area (Å²) in [5, 5.41) is 3.72. The van der Waals surface area contributed by atoms with Crippen LogP contribution < -0.4 is 10.4 Å². The Morgan fingerprint density at radius 3 is 2.18 bits per heavy atom. The van der Waals surface area contributed by atoms with Crippen molar-refractivity contribution in [3.05, 3.63) is 37.1 Å². The third-order valence-corrected chi connectivity index (χ3v) is 0.969. The molecule has 0 bridgehead atoms. The summed E-state index contributed by atoms with van der Waals surface area (Å²) in [7, 11) is 0. The van der Waals surface area contributed by atoms with Gasteiger partial charge in [0, 0.05) is 6.08 Å². The van der Waals surface area contributed by atoms with E-state index in [0.717, 1.165) is 0 Å². The minimum absolute atomic E-state index is 1.69. The number of nitrogens with zero attached hydrogens (tertiary/aromatic N) is 2. The maximum absolute atomic E-state index is 3.75. The van der Waals surface area contributed by atoms with Crippen molar-refractivity contribution in [3.63, 3.8) is 0 Å². The van der Waals surface area contributed by atoms with Crippen LogP contribution in [-0.2, 0) is 0 Å². The first-order valence-corrected chi connectivity index (χ1v) is 3.28. The van der Waals surface area contributed by atoms with Crippen LogP contribution in [0.2, 0.25) is 0 Å². The molecule has 11 heavy (non-hydrogen) atoms. The van der Waals surface area contributed by atoms with E-state index in [2.05, 4.69) is 15.1 Å². The number of rotatable bonds is 0. The zero-order valence-corrected chi connectivity index (χ0v) is 6.01. The predicted octanol–water partition coefficient (Wildman–Crippen LogP) is -1.04. The molecule has 2 heterocycles. The molecule has 0 aliphatic carbocycles. The van der Waals surface area contributed by atoms with Gasteiger partial charge in [0.25, 0.3) is 0 Å². The lowest BCUT2D eigenvalue weighted by molar-refractivity contribution is -0.589. The second-order valence-corrected chi connectivity index (χ2v) is 1.78. The van der Waals surface area contributed by atoms with E-state index >= 15 is 0 Å². The molecule has 1 aromatic heterocycles. The Hall–Kier alpha value is -1.55. The molecule has 1 aromatic rings. The lowest BCUT2D eigenvalue weighted by atomic mass is 10.7. The number of H-pyrrole nitrogens is 1. The number of nitrogens with one attached hydrogen (secondary N) is 1. The molecule has 0 fully saturated rings. The lowest BCUT2D eigenvalue weighted by Crippen LogP contribution is -2.69. The molecule has 4 heteroatoms. The predicted molar refractivity (Wildman–Crippen MR) is 40.4 cm³/mol. The first-order chi connectivity index (χ1) is 5.50. The van der Waals surface area contributed by atoms with E-state index in [0.29, 0.717) is 0 Å². The molecule has 1 aliphatic rings. The average Bonchev–Trinajstić information content (AvgIpc) is 2.64. The third kappa shape index (κ3) is 3.94. The number of quaternary nitrogens is 1. The van der Waals surface area contributed by atoms with Crippen molar-refractivity contribution in [1.29, 1.82) is 0 Å². The first-order valence-electron chi connectivity index (χ1n) is 3.28. The highest BCUT2D eigenvalue weighted by atomic mass is 15.3. The number of nitrogens with two attached hydrogens (primary N) is 1. The molecule has 3 N–H and O–H groups in total. The zero-order chi connectivity index (χ0) is 7.78. The molecule has 0 amide bonds. The Labute approximate surface area is 64.7 Å². The molecule has 0 atom stereocenters. The fourth-order valence-corrected chi connectivity index (χ4v) is 0.526. The van der Waals surface area contributed by atoms with E-state index in [1.807, 2.05) is 12.3 Å². The highest BCUT2D eigenvalue weighted by molar-refractivity contribution is 5.70. The fraction of sp³-hybridized carbons (Fsp3) is 0. The van der Waals surface area contributed by atoms with Gasteiger partial charge in [-0.05, 0) is 0 Å². The number of hydrogen-bond donors (Lipinski definition) is 1. The van der Waals surface area contributed by atoms with E-state index in [9.17, 15) is 0 Å². The fourth-order valence-electron chi connectivity index (χ4n) is 0.526. The highest BCUT2D eigenvalue weighted by Crippen LogP contribution is 1.58. The van der Waals surface area contributed by atoms with Crippen LogP contribution in [0.15, 0.2) is 42.2 Å². The van der Waals surface area contributed by atoms with Crippen LogP contribution in [0.5, 0.6) is 0 Å². The molecule has 0 aromatic carbocycles. The SMILES string of the molecule is C1=C[NH2+]N=C1.c1c[nH+]ccn1. The monoisotopic (exact) mass is 150 g/mol. The van der Waals surface area contributed by atoms with Gasteiger partial charge in [-0.1, -0.05) is 5.10 Å². The molecule has 2 rings (SSSR count). The van der Waals surface area contributed by atoms with Crippen LogP contribution in [0.1, 0.15) is 0 Å². The summed E-state index contributed by atoms with van der Waals surface area (Å²) < 4.78 is 0. The average molecular weight is 150 g/mol. The smallest absolute Gasteiger partial charge is 0.185 e. The van der Waals surface area contributed by atoms with Crippen molar-refractivity contribution in [2.75, 3.05) is 0 Å². The molecule has 1 aliphatic heterocycles. The van der Waals surface area contributed by atoms with E-state index in [1.165, 1.54) is 0 Å². The van der Waals surface area contributed by atoms with Crippen LogP contribution in [-0.4, -0.2) is 11.2 Å². The van der Waals surface area contributed by atoms with E-state index in [-0.39, 0.29) is 0 Å². The van der Waals surface area contributed by atoms with Crippen LogP contribution in [0.25, 0.3) is 0 Å². The van der Waals surface area contributed by atoms with Crippen molar-refractivity contribution in [2.45, 2.75) is 0 Å². The maximum Gasteiger partial charge on any atom is 0.185 e. The maximum atomic E-state index is 3.75. The largest absolute Gasteiger partial charge is 0.252 e. The summed E-state index contributed by atoms with van der Waals surface area (Å²) >= 11 is 0. The van der Waals surface area contributed by atoms with Crippen LogP contribution in [0.3, 0.4) is 0 Å². The standard InChI is InChI=1S/C4H4N2.C3H4N2/c1-2-6-4-3-5-1;1-2-4-5-3-1/h1-4H;1-3H,(H,4,5)/p+2. The number of hydrogen-bond acceptors (Lipinski definition) is 2. The van der Waals surface area contributed by atoms with Gasteiger partial charge in [-0.2, -0.15) is 5.43 Å². The van der Waals surface area contributed by atoms with Crippen LogP contribution in [0, 0.1) is 0 Å². The molecule has 0 saturated heterocycles. The van der Waals surface area contributed by atoms with Crippen LogP contribution in [0.4, 0.5) is 0 Å². The second kappa shape index (κ2) is 5.25. The Morgan fingerprint density at radius 2 is 2.00 bits per heavy atom. The van der Waals surface area contributed by atoms with Crippen molar-refractivity contribution >= 4 is 6.21 Å². The van der Waals surface area contributed by atoms with Gasteiger partial charge in [0.15, 0.2) is 12.4 Å². The van der Waals surface area contributed by atoms with Gasteiger partial charge >= 0.3 is 0 Å². The Balaban J connectivity index is 0.000000112. The van der Waals surface area contributed by atoms with E-state index in [1.54, 1.807) is 36.4 Å². The highest BCUT2D eigenvalue weighted by Gasteiger charge is 1.76. The lowest BCUT2D eigenvalue weighted by Gasteiger charge is -1.63. The second-order valence-electron chi connectivity index (χ2n) is 1.78. The minimum atomic E-state index is 1.69. The van der Waals surface area contributed by atoms with Gasteiger partial charge in [0.05, 0.1) is 18.6 Å². The summed E-state index contributed by atoms with van der Waals surface area (Å²) in [6.07, 6.45) is 12.4. The molecular formula is C7H10N4+2. The van der Waals surface area contributed by atoms with E-state index < -0.39 is 0 Å². The van der Waals surface area contributed by atoms with Crippen molar-refractivity contribution < 1.29 is 10.4 Å². The normalized spacial score (nSPS) is 12.4. The van der Waals surface area contributed by atoms with Gasteiger partial charge in [0.2, 0.25) is 0 Å². The van der Waals surface area contributed by atoms with Crippen molar-refractivity contribution in [3.8, 4) is 0 Å². The molecule has 0 saturated carbocycles. The van der Waals surface area contributed by atoms with E-state index in [4.69, 9.17) is 0 Å². The molecule has 0 unspecified atom stereocenters.